The van der Waals surface area contributed by atoms with Gasteiger partial charge in [0.2, 0.25) is 21.9 Å². The molecule has 0 bridgehead atoms. The number of methoxy groups -OCH3 is 1. The van der Waals surface area contributed by atoms with Crippen LogP contribution in [-0.2, 0) is 14.8 Å². The predicted octanol–water partition coefficient (Wildman–Crippen LogP) is 4.98. The van der Waals surface area contributed by atoms with E-state index in [2.05, 4.69) is 16.9 Å². The molecule has 9 heteroatoms. The van der Waals surface area contributed by atoms with E-state index in [9.17, 15) is 13.2 Å². The summed E-state index contributed by atoms with van der Waals surface area (Å²) >= 11 is 0. The topological polar surface area (TPSA) is 93.5 Å². The van der Waals surface area contributed by atoms with Crippen molar-refractivity contribution in [1.29, 1.82) is 0 Å². The number of sulfonamides is 1. The maximum absolute atomic E-state index is 13.3. The number of nitrogens with zero attached hydrogens (tertiary/aromatic N) is 3. The van der Waals surface area contributed by atoms with Crippen LogP contribution in [0.1, 0.15) is 11.1 Å². The number of ether oxygens (including phenoxy) is 1. The fraction of sp³-hybridized carbons (Fsp3) is 0.172. The van der Waals surface area contributed by atoms with E-state index in [1.807, 2.05) is 68.6 Å². The summed E-state index contributed by atoms with van der Waals surface area (Å²) in [6.07, 6.45) is 3.29. The molecule has 1 amide bonds. The second-order valence-corrected chi connectivity index (χ2v) is 10.7. The van der Waals surface area contributed by atoms with Crippen molar-refractivity contribution in [2.75, 3.05) is 25.5 Å². The van der Waals surface area contributed by atoms with E-state index in [0.717, 1.165) is 26.7 Å². The molecular weight excluding hydrogens is 500 g/mol. The lowest BCUT2D eigenvalue weighted by Gasteiger charge is -2.20. The van der Waals surface area contributed by atoms with Gasteiger partial charge in [-0.3, -0.25) is 14.7 Å². The molecule has 3 aromatic carbocycles. The summed E-state index contributed by atoms with van der Waals surface area (Å²) < 4.78 is 34.6. The van der Waals surface area contributed by atoms with E-state index >= 15 is 0 Å². The number of aromatic nitrogens is 2. The summed E-state index contributed by atoms with van der Waals surface area (Å²) in [5, 5.41) is 2.82. The highest BCUT2D eigenvalue weighted by molar-refractivity contribution is 7.89. The SMILES string of the molecule is C=CCN(CC(=O)Nc1nc(-c2ccccc2)cn1-c1ccc(C)c(C)c1)S(=O)(=O)c1ccc(OC)cc1. The lowest BCUT2D eigenvalue weighted by atomic mass is 10.1. The molecule has 0 saturated heterocycles. The number of imidazole rings is 1. The minimum absolute atomic E-state index is 0.0390. The first-order chi connectivity index (χ1) is 18.2. The molecule has 0 aliphatic carbocycles. The molecule has 1 N–H and O–H groups in total. The van der Waals surface area contributed by atoms with Gasteiger partial charge < -0.3 is 4.74 Å². The van der Waals surface area contributed by atoms with Gasteiger partial charge in [0.05, 0.1) is 24.2 Å². The van der Waals surface area contributed by atoms with E-state index in [1.54, 1.807) is 16.7 Å². The molecule has 0 unspecified atom stereocenters. The Morgan fingerprint density at radius 1 is 1.05 bits per heavy atom. The van der Waals surface area contributed by atoms with Gasteiger partial charge in [-0.1, -0.05) is 42.5 Å². The third kappa shape index (κ3) is 5.85. The molecule has 38 heavy (non-hydrogen) atoms. The van der Waals surface area contributed by atoms with Crippen LogP contribution in [0.5, 0.6) is 5.75 Å². The van der Waals surface area contributed by atoms with Crippen LogP contribution in [0.25, 0.3) is 16.9 Å². The third-order valence-corrected chi connectivity index (χ3v) is 7.97. The number of nitrogens with one attached hydrogen (secondary N) is 1. The zero-order chi connectivity index (χ0) is 27.3. The molecule has 1 aromatic heterocycles. The van der Waals surface area contributed by atoms with E-state index in [4.69, 9.17) is 4.74 Å². The zero-order valence-corrected chi connectivity index (χ0v) is 22.4. The zero-order valence-electron chi connectivity index (χ0n) is 21.6. The Labute approximate surface area is 223 Å². The normalized spacial score (nSPS) is 11.4. The third-order valence-electron chi connectivity index (χ3n) is 6.15. The molecule has 0 radical (unpaired) electrons. The Balaban J connectivity index is 1.64. The molecule has 0 fully saturated rings. The summed E-state index contributed by atoms with van der Waals surface area (Å²) in [5.74, 6) is 0.293. The van der Waals surface area contributed by atoms with Gasteiger partial charge in [-0.25, -0.2) is 13.4 Å². The van der Waals surface area contributed by atoms with Crippen molar-refractivity contribution in [3.05, 3.63) is 103 Å². The first kappa shape index (κ1) is 26.8. The average molecular weight is 531 g/mol. The Bertz CT molecular complexity index is 1550. The summed E-state index contributed by atoms with van der Waals surface area (Å²) in [6.45, 7) is 7.25. The van der Waals surface area contributed by atoms with E-state index in [0.29, 0.717) is 11.4 Å². The molecular formula is C29H30N4O4S. The molecule has 0 aliphatic rings. The molecule has 0 aliphatic heterocycles. The molecule has 0 atom stereocenters. The number of amides is 1. The predicted molar refractivity (Wildman–Crippen MR) is 149 cm³/mol. The molecule has 4 aromatic rings. The second kappa shape index (κ2) is 11.5. The number of carbonyl (C=O) groups is 1. The van der Waals surface area contributed by atoms with E-state index < -0.39 is 22.5 Å². The number of carbonyl (C=O) groups excluding carboxylic acids is 1. The van der Waals surface area contributed by atoms with Crippen molar-refractivity contribution in [3.8, 4) is 22.7 Å². The Morgan fingerprint density at radius 3 is 2.39 bits per heavy atom. The lowest BCUT2D eigenvalue weighted by molar-refractivity contribution is -0.116. The smallest absolute Gasteiger partial charge is 0.243 e. The van der Waals surface area contributed by atoms with Crippen LogP contribution in [0, 0.1) is 13.8 Å². The first-order valence-corrected chi connectivity index (χ1v) is 13.4. The van der Waals surface area contributed by atoms with Crippen LogP contribution in [0.4, 0.5) is 5.95 Å². The number of aryl methyl sites for hydroxylation is 2. The Kier molecular flexibility index (Phi) is 8.09. The van der Waals surface area contributed by atoms with Crippen molar-refractivity contribution in [2.45, 2.75) is 18.7 Å². The maximum Gasteiger partial charge on any atom is 0.243 e. The molecule has 0 saturated carbocycles. The van der Waals surface area contributed by atoms with E-state index in [-0.39, 0.29) is 17.4 Å². The summed E-state index contributed by atoms with van der Waals surface area (Å²) in [5.41, 5.74) is 4.63. The summed E-state index contributed by atoms with van der Waals surface area (Å²) in [4.78, 5) is 17.9. The van der Waals surface area contributed by atoms with Gasteiger partial charge in [0, 0.05) is 24.0 Å². The van der Waals surface area contributed by atoms with Gasteiger partial charge in [-0.2, -0.15) is 4.31 Å². The van der Waals surface area contributed by atoms with Crippen molar-refractivity contribution < 1.29 is 17.9 Å². The van der Waals surface area contributed by atoms with Gasteiger partial charge in [0.1, 0.15) is 5.75 Å². The van der Waals surface area contributed by atoms with Crippen LogP contribution in [0.15, 0.2) is 96.5 Å². The van der Waals surface area contributed by atoms with Crippen LogP contribution in [-0.4, -0.2) is 48.4 Å². The average Bonchev–Trinajstić information content (AvgIpc) is 3.34. The first-order valence-electron chi connectivity index (χ1n) is 12.0. The minimum atomic E-state index is -3.97. The van der Waals surface area contributed by atoms with Gasteiger partial charge in [-0.15, -0.1) is 6.58 Å². The standard InChI is InChI=1S/C29H30N4O4S/c1-5-17-32(38(35,36)26-15-13-25(37-4)14-16-26)20-28(34)31-29-30-27(23-9-7-6-8-10-23)19-33(29)24-12-11-21(2)22(3)18-24/h5-16,18-19H,1,17,20H2,2-4H3,(H,30,31,34). The number of hydrogen-bond donors (Lipinski definition) is 1. The van der Waals surface area contributed by atoms with Crippen molar-refractivity contribution in [2.24, 2.45) is 0 Å². The number of benzene rings is 3. The quantitative estimate of drug-likeness (QED) is 0.292. The maximum atomic E-state index is 13.3. The summed E-state index contributed by atoms with van der Waals surface area (Å²) in [7, 11) is -2.46. The fourth-order valence-electron chi connectivity index (χ4n) is 3.90. The fourth-order valence-corrected chi connectivity index (χ4v) is 5.27. The highest BCUT2D eigenvalue weighted by atomic mass is 32.2. The van der Waals surface area contributed by atoms with Crippen molar-refractivity contribution in [3.63, 3.8) is 0 Å². The van der Waals surface area contributed by atoms with E-state index in [1.165, 1.54) is 25.3 Å². The molecule has 1 heterocycles. The minimum Gasteiger partial charge on any atom is -0.497 e. The van der Waals surface area contributed by atoms with Gasteiger partial charge >= 0.3 is 0 Å². The van der Waals surface area contributed by atoms with Gasteiger partial charge in [0.25, 0.3) is 0 Å². The molecule has 0 spiro atoms. The Hall–Kier alpha value is -4.21. The largest absolute Gasteiger partial charge is 0.497 e. The number of anilines is 1. The highest BCUT2D eigenvalue weighted by Gasteiger charge is 2.26. The van der Waals surface area contributed by atoms with Crippen molar-refractivity contribution >= 4 is 21.9 Å². The molecule has 4 rings (SSSR count). The second-order valence-electron chi connectivity index (χ2n) is 8.76. The monoisotopic (exact) mass is 530 g/mol. The molecule has 8 nitrogen and oxygen atoms in total. The number of rotatable bonds is 10. The van der Waals surface area contributed by atoms with Gasteiger partial charge in [0.15, 0.2) is 0 Å². The Morgan fingerprint density at radius 2 is 1.76 bits per heavy atom. The van der Waals surface area contributed by atoms with Crippen LogP contribution >= 0.6 is 0 Å². The molecule has 196 valence electrons. The van der Waals surface area contributed by atoms with Crippen molar-refractivity contribution in [1.82, 2.24) is 13.9 Å². The van der Waals surface area contributed by atoms with Crippen LogP contribution in [0.3, 0.4) is 0 Å². The highest BCUT2D eigenvalue weighted by Crippen LogP contribution is 2.26. The van der Waals surface area contributed by atoms with Crippen LogP contribution < -0.4 is 10.1 Å². The number of hydrogen-bond acceptors (Lipinski definition) is 5. The van der Waals surface area contributed by atoms with Crippen LogP contribution in [0.2, 0.25) is 0 Å². The summed E-state index contributed by atoms with van der Waals surface area (Å²) in [6, 6.07) is 21.6. The lowest BCUT2D eigenvalue weighted by Crippen LogP contribution is -2.38. The van der Waals surface area contributed by atoms with Gasteiger partial charge in [-0.05, 0) is 61.4 Å².